The molecule has 0 spiro atoms. The second-order valence-corrected chi connectivity index (χ2v) is 7.05. The Balaban J connectivity index is 1.88. The van der Waals surface area contributed by atoms with Gasteiger partial charge in [0, 0.05) is 17.9 Å². The van der Waals surface area contributed by atoms with E-state index in [-0.39, 0.29) is 29.7 Å². The van der Waals surface area contributed by atoms with Crippen LogP contribution in [0.5, 0.6) is 11.5 Å². The molecule has 1 aliphatic heterocycles. The van der Waals surface area contributed by atoms with Crippen molar-refractivity contribution in [3.8, 4) is 11.5 Å². The minimum Gasteiger partial charge on any atom is -0.486 e. The summed E-state index contributed by atoms with van der Waals surface area (Å²) >= 11 is 0. The zero-order valence-electron chi connectivity index (χ0n) is 15.5. The van der Waals surface area contributed by atoms with E-state index in [1.54, 1.807) is 0 Å². The molecule has 6 heteroatoms. The zero-order chi connectivity index (χ0) is 18.4. The Kier molecular flexibility index (Phi) is 6.28. The molecule has 1 unspecified atom stereocenters. The molecule has 6 nitrogen and oxygen atoms in total. The first-order valence-electron chi connectivity index (χ1n) is 8.78. The summed E-state index contributed by atoms with van der Waals surface area (Å²) in [6.07, 6.45) is 0.755. The van der Waals surface area contributed by atoms with Gasteiger partial charge in [0.1, 0.15) is 13.2 Å². The van der Waals surface area contributed by atoms with Gasteiger partial charge in [-0.05, 0) is 24.1 Å². The fourth-order valence-corrected chi connectivity index (χ4v) is 2.48. The summed E-state index contributed by atoms with van der Waals surface area (Å²) in [7, 11) is 0. The number of benzene rings is 1. The smallest absolute Gasteiger partial charge is 0.239 e. The lowest BCUT2D eigenvalue weighted by molar-refractivity contribution is -0.128. The van der Waals surface area contributed by atoms with Gasteiger partial charge in [0.05, 0.1) is 6.54 Å². The van der Waals surface area contributed by atoms with Gasteiger partial charge in [-0.2, -0.15) is 0 Å². The third kappa shape index (κ3) is 5.11. The molecule has 2 rings (SSSR count). The van der Waals surface area contributed by atoms with Crippen LogP contribution in [0.15, 0.2) is 18.2 Å². The van der Waals surface area contributed by atoms with Crippen molar-refractivity contribution in [3.05, 3.63) is 23.8 Å². The van der Waals surface area contributed by atoms with E-state index in [0.29, 0.717) is 19.8 Å². The molecule has 0 bridgehead atoms. The largest absolute Gasteiger partial charge is 0.486 e. The minimum absolute atomic E-state index is 0.000389. The van der Waals surface area contributed by atoms with Crippen LogP contribution >= 0.6 is 0 Å². The molecular weight excluding hydrogens is 320 g/mol. The summed E-state index contributed by atoms with van der Waals surface area (Å²) in [5.74, 6) is 1.12. The maximum Gasteiger partial charge on any atom is 0.239 e. The van der Waals surface area contributed by atoms with Crippen molar-refractivity contribution in [2.24, 2.45) is 5.92 Å². The highest BCUT2D eigenvalue weighted by atomic mass is 16.6. The normalized spacial score (nSPS) is 14.6. The third-order valence-corrected chi connectivity index (χ3v) is 4.53. The highest BCUT2D eigenvalue weighted by Gasteiger charge is 2.24. The lowest BCUT2D eigenvalue weighted by Crippen LogP contribution is -2.43. The van der Waals surface area contributed by atoms with E-state index < -0.39 is 0 Å². The molecule has 1 aromatic rings. The van der Waals surface area contributed by atoms with Crippen molar-refractivity contribution in [1.82, 2.24) is 10.6 Å². The highest BCUT2D eigenvalue weighted by molar-refractivity contribution is 5.85. The molecular formula is C19H28N2O4. The summed E-state index contributed by atoms with van der Waals surface area (Å²) < 4.78 is 11.2. The SMILES string of the molecule is CCC(C)C(=O)NCC(=O)NCC(C)(C)c1ccc2c(c1)OCCO2. The quantitative estimate of drug-likeness (QED) is 0.790. The Labute approximate surface area is 149 Å². The van der Waals surface area contributed by atoms with Gasteiger partial charge in [-0.25, -0.2) is 0 Å². The van der Waals surface area contributed by atoms with Crippen LogP contribution in [-0.2, 0) is 15.0 Å². The van der Waals surface area contributed by atoms with Crippen LogP contribution in [0.25, 0.3) is 0 Å². The number of hydrogen-bond donors (Lipinski definition) is 2. The number of nitrogens with one attached hydrogen (secondary N) is 2. The molecule has 0 saturated carbocycles. The fourth-order valence-electron chi connectivity index (χ4n) is 2.48. The standard InChI is InChI=1S/C19H28N2O4/c1-5-13(2)18(23)20-11-17(22)21-12-19(3,4)14-6-7-15-16(10-14)25-9-8-24-15/h6-7,10,13H,5,8-9,11-12H2,1-4H3,(H,20,23)(H,21,22). The monoisotopic (exact) mass is 348 g/mol. The maximum absolute atomic E-state index is 12.0. The molecule has 25 heavy (non-hydrogen) atoms. The van der Waals surface area contributed by atoms with Gasteiger partial charge in [-0.1, -0.05) is 33.8 Å². The summed E-state index contributed by atoms with van der Waals surface area (Å²) in [6, 6.07) is 5.86. The molecule has 0 fully saturated rings. The number of fused-ring (bicyclic) bond motifs is 1. The Bertz CT molecular complexity index is 628. The molecule has 0 aliphatic carbocycles. The fraction of sp³-hybridized carbons (Fsp3) is 0.579. The molecule has 1 aliphatic rings. The number of ether oxygens (including phenoxy) is 2. The summed E-state index contributed by atoms with van der Waals surface area (Å²) in [5.41, 5.74) is 0.785. The Morgan fingerprint density at radius 3 is 2.52 bits per heavy atom. The average Bonchev–Trinajstić information content (AvgIpc) is 2.63. The number of carbonyl (C=O) groups excluding carboxylic acids is 2. The van der Waals surface area contributed by atoms with Crippen LogP contribution in [0.4, 0.5) is 0 Å². The van der Waals surface area contributed by atoms with Crippen molar-refractivity contribution in [2.45, 2.75) is 39.5 Å². The lowest BCUT2D eigenvalue weighted by Gasteiger charge is -2.28. The molecule has 0 radical (unpaired) electrons. The molecule has 0 aromatic heterocycles. The van der Waals surface area contributed by atoms with E-state index in [1.165, 1.54) is 0 Å². The topological polar surface area (TPSA) is 76.7 Å². The van der Waals surface area contributed by atoms with E-state index in [0.717, 1.165) is 23.5 Å². The number of rotatable bonds is 7. The first-order valence-corrected chi connectivity index (χ1v) is 8.78. The maximum atomic E-state index is 12.0. The van der Waals surface area contributed by atoms with E-state index in [1.807, 2.05) is 32.0 Å². The van der Waals surface area contributed by atoms with Gasteiger partial charge in [0.15, 0.2) is 11.5 Å². The first-order chi connectivity index (χ1) is 11.8. The third-order valence-electron chi connectivity index (χ3n) is 4.53. The first kappa shape index (κ1) is 19.1. The molecule has 1 aromatic carbocycles. The van der Waals surface area contributed by atoms with E-state index in [9.17, 15) is 9.59 Å². The van der Waals surface area contributed by atoms with Crippen molar-refractivity contribution >= 4 is 11.8 Å². The minimum atomic E-state index is -0.272. The van der Waals surface area contributed by atoms with Crippen LogP contribution in [0, 0.1) is 5.92 Å². The molecule has 2 amide bonds. The van der Waals surface area contributed by atoms with E-state index in [2.05, 4.69) is 24.5 Å². The predicted octanol–water partition coefficient (Wildman–Crippen LogP) is 2.01. The second kappa shape index (κ2) is 8.23. The van der Waals surface area contributed by atoms with Gasteiger partial charge < -0.3 is 20.1 Å². The second-order valence-electron chi connectivity index (χ2n) is 7.05. The molecule has 2 N–H and O–H groups in total. The summed E-state index contributed by atoms with van der Waals surface area (Å²) in [6.45, 7) is 9.47. The van der Waals surface area contributed by atoms with Crippen LogP contribution in [0.1, 0.15) is 39.7 Å². The number of carbonyl (C=O) groups is 2. The van der Waals surface area contributed by atoms with Gasteiger partial charge in [-0.3, -0.25) is 9.59 Å². The van der Waals surface area contributed by atoms with Crippen LogP contribution < -0.4 is 20.1 Å². The van der Waals surface area contributed by atoms with Crippen LogP contribution in [0.2, 0.25) is 0 Å². The predicted molar refractivity (Wildman–Crippen MR) is 95.9 cm³/mol. The Hall–Kier alpha value is -2.24. The summed E-state index contributed by atoms with van der Waals surface area (Å²) in [4.78, 5) is 23.7. The van der Waals surface area contributed by atoms with Gasteiger partial charge in [-0.15, -0.1) is 0 Å². The van der Waals surface area contributed by atoms with Crippen molar-refractivity contribution in [2.75, 3.05) is 26.3 Å². The Morgan fingerprint density at radius 1 is 1.16 bits per heavy atom. The molecule has 0 saturated heterocycles. The molecule has 1 heterocycles. The van der Waals surface area contributed by atoms with E-state index in [4.69, 9.17) is 9.47 Å². The zero-order valence-corrected chi connectivity index (χ0v) is 15.5. The van der Waals surface area contributed by atoms with Crippen molar-refractivity contribution < 1.29 is 19.1 Å². The lowest BCUT2D eigenvalue weighted by atomic mass is 9.84. The van der Waals surface area contributed by atoms with E-state index >= 15 is 0 Å². The average molecular weight is 348 g/mol. The number of hydrogen-bond acceptors (Lipinski definition) is 4. The Morgan fingerprint density at radius 2 is 1.84 bits per heavy atom. The molecule has 1 atom stereocenters. The van der Waals surface area contributed by atoms with Crippen molar-refractivity contribution in [1.29, 1.82) is 0 Å². The van der Waals surface area contributed by atoms with Gasteiger partial charge in [0.25, 0.3) is 0 Å². The van der Waals surface area contributed by atoms with Crippen LogP contribution in [0.3, 0.4) is 0 Å². The highest BCUT2D eigenvalue weighted by Crippen LogP contribution is 2.34. The molecule has 138 valence electrons. The van der Waals surface area contributed by atoms with Gasteiger partial charge in [0.2, 0.25) is 11.8 Å². The van der Waals surface area contributed by atoms with Crippen molar-refractivity contribution in [3.63, 3.8) is 0 Å². The summed E-state index contributed by atoms with van der Waals surface area (Å²) in [5, 5.41) is 5.55. The number of amides is 2. The van der Waals surface area contributed by atoms with Gasteiger partial charge >= 0.3 is 0 Å². The van der Waals surface area contributed by atoms with Crippen LogP contribution in [-0.4, -0.2) is 38.1 Å².